The number of aromatic nitrogens is 4. The van der Waals surface area contributed by atoms with E-state index in [4.69, 9.17) is 9.26 Å². The maximum absolute atomic E-state index is 13.1. The van der Waals surface area contributed by atoms with Crippen LogP contribution in [0.3, 0.4) is 0 Å². The highest BCUT2D eigenvalue weighted by Gasteiger charge is 2.18. The van der Waals surface area contributed by atoms with Crippen LogP contribution in [0.15, 0.2) is 77.6 Å². The minimum Gasteiger partial charge on any atom is -0.487 e. The molecule has 1 unspecified atom stereocenters. The Morgan fingerprint density at radius 3 is 2.77 bits per heavy atom. The van der Waals surface area contributed by atoms with Crippen LogP contribution in [0.4, 0.5) is 4.39 Å². The lowest BCUT2D eigenvalue weighted by atomic mass is 10.2. The van der Waals surface area contributed by atoms with E-state index in [0.29, 0.717) is 22.7 Å². The third-order valence-electron chi connectivity index (χ3n) is 5.39. The van der Waals surface area contributed by atoms with Crippen molar-refractivity contribution in [3.05, 3.63) is 102 Å². The van der Waals surface area contributed by atoms with Crippen LogP contribution in [0.2, 0.25) is 0 Å². The molecule has 5 aromatic rings. The normalized spacial score (nSPS) is 12.0. The molecule has 0 aliphatic carbocycles. The fourth-order valence-corrected chi connectivity index (χ4v) is 3.58. The van der Waals surface area contributed by atoms with Gasteiger partial charge in [-0.3, -0.25) is 4.79 Å². The number of rotatable bonds is 7. The lowest BCUT2D eigenvalue weighted by Gasteiger charge is -2.11. The first-order chi connectivity index (χ1) is 16.9. The van der Waals surface area contributed by atoms with Gasteiger partial charge in [0, 0.05) is 23.5 Å². The minimum absolute atomic E-state index is 0.243. The molecule has 8 nitrogen and oxygen atoms in total. The van der Waals surface area contributed by atoms with Crippen LogP contribution in [0, 0.1) is 12.7 Å². The molecule has 0 bridgehead atoms. The zero-order chi connectivity index (χ0) is 24.4. The van der Waals surface area contributed by atoms with Crippen molar-refractivity contribution in [3.8, 4) is 17.1 Å². The average molecular weight is 471 g/mol. The molecular formula is C26H22FN5O3. The molecule has 9 heteroatoms. The molecule has 0 aliphatic heterocycles. The molecular weight excluding hydrogens is 449 g/mol. The van der Waals surface area contributed by atoms with Gasteiger partial charge in [0.25, 0.3) is 5.91 Å². The third kappa shape index (κ3) is 5.03. The predicted molar refractivity (Wildman–Crippen MR) is 126 cm³/mol. The van der Waals surface area contributed by atoms with Crippen molar-refractivity contribution in [1.82, 2.24) is 24.8 Å². The Kier molecular flexibility index (Phi) is 5.97. The number of benzene rings is 2. The lowest BCUT2D eigenvalue weighted by Crippen LogP contribution is -2.26. The second-order valence-electron chi connectivity index (χ2n) is 8.18. The number of imidazole rings is 1. The maximum Gasteiger partial charge on any atom is 0.252 e. The second-order valence-corrected chi connectivity index (χ2v) is 8.18. The largest absolute Gasteiger partial charge is 0.487 e. The van der Waals surface area contributed by atoms with E-state index < -0.39 is 6.04 Å². The molecule has 3 aromatic heterocycles. The van der Waals surface area contributed by atoms with Crippen LogP contribution < -0.4 is 10.1 Å². The van der Waals surface area contributed by atoms with E-state index in [0.717, 1.165) is 16.9 Å². The van der Waals surface area contributed by atoms with Gasteiger partial charge in [-0.2, -0.15) is 4.98 Å². The topological polar surface area (TPSA) is 94.5 Å². The molecule has 0 saturated carbocycles. The number of carbonyl (C=O) groups is 1. The van der Waals surface area contributed by atoms with E-state index in [2.05, 4.69) is 20.4 Å². The van der Waals surface area contributed by atoms with Gasteiger partial charge in [0.2, 0.25) is 11.7 Å². The van der Waals surface area contributed by atoms with Gasteiger partial charge < -0.3 is 19.0 Å². The molecule has 0 spiro atoms. The number of pyridine rings is 1. The maximum atomic E-state index is 13.1. The first-order valence-electron chi connectivity index (χ1n) is 11.0. The monoisotopic (exact) mass is 471 g/mol. The first-order valence-corrected chi connectivity index (χ1v) is 11.0. The Bertz CT molecular complexity index is 1490. The van der Waals surface area contributed by atoms with Crippen LogP contribution in [0.1, 0.15) is 40.5 Å². The minimum atomic E-state index is -0.532. The standard InChI is InChI=1S/C26H22FN5O3/c1-16-6-11-23-29-21(14-32(23)13-16)15-34-22-5-3-4-19(12-22)25(33)28-17(2)26-30-24(31-35-26)18-7-9-20(27)10-8-18/h3-14,17H,15H2,1-2H3,(H,28,33). The quantitative estimate of drug-likeness (QED) is 0.363. The van der Waals surface area contributed by atoms with Crippen LogP contribution in [-0.4, -0.2) is 25.4 Å². The van der Waals surface area contributed by atoms with Gasteiger partial charge in [0.15, 0.2) is 0 Å². The lowest BCUT2D eigenvalue weighted by molar-refractivity contribution is 0.0932. The summed E-state index contributed by atoms with van der Waals surface area (Å²) in [4.78, 5) is 21.7. The van der Waals surface area contributed by atoms with Crippen LogP contribution in [0.5, 0.6) is 5.75 Å². The number of nitrogens with zero attached hydrogens (tertiary/aromatic N) is 4. The summed E-state index contributed by atoms with van der Waals surface area (Å²) in [6, 6.07) is 16.1. The number of amides is 1. The Hall–Kier alpha value is -4.53. The summed E-state index contributed by atoms with van der Waals surface area (Å²) in [6.07, 6.45) is 3.93. The van der Waals surface area contributed by atoms with E-state index in [1.165, 1.54) is 12.1 Å². The number of aryl methyl sites for hydroxylation is 1. The predicted octanol–water partition coefficient (Wildman–Crippen LogP) is 4.90. The van der Waals surface area contributed by atoms with E-state index >= 15 is 0 Å². The van der Waals surface area contributed by atoms with E-state index in [1.807, 2.05) is 35.9 Å². The second kappa shape index (κ2) is 9.38. The van der Waals surface area contributed by atoms with E-state index in [-0.39, 0.29) is 24.2 Å². The van der Waals surface area contributed by atoms with Crippen molar-refractivity contribution in [2.24, 2.45) is 0 Å². The highest BCUT2D eigenvalue weighted by molar-refractivity contribution is 5.94. The molecule has 2 aromatic carbocycles. The van der Waals surface area contributed by atoms with Gasteiger partial charge in [-0.1, -0.05) is 17.3 Å². The summed E-state index contributed by atoms with van der Waals surface area (Å²) in [5.74, 6) is 0.450. The van der Waals surface area contributed by atoms with E-state index in [1.54, 1.807) is 43.3 Å². The molecule has 1 N–H and O–H groups in total. The van der Waals surface area contributed by atoms with E-state index in [9.17, 15) is 9.18 Å². The molecule has 5 rings (SSSR count). The number of halogens is 1. The van der Waals surface area contributed by atoms with Gasteiger partial charge in [-0.25, -0.2) is 9.37 Å². The third-order valence-corrected chi connectivity index (χ3v) is 5.39. The van der Waals surface area contributed by atoms with Crippen molar-refractivity contribution in [1.29, 1.82) is 0 Å². The van der Waals surface area contributed by atoms with Crippen molar-refractivity contribution < 1.29 is 18.4 Å². The molecule has 1 amide bonds. The van der Waals surface area contributed by atoms with Gasteiger partial charge in [0.1, 0.15) is 29.9 Å². The zero-order valence-corrected chi connectivity index (χ0v) is 19.1. The van der Waals surface area contributed by atoms with Crippen LogP contribution in [-0.2, 0) is 6.61 Å². The summed E-state index contributed by atoms with van der Waals surface area (Å²) in [7, 11) is 0. The number of hydrogen-bond donors (Lipinski definition) is 1. The highest BCUT2D eigenvalue weighted by Crippen LogP contribution is 2.20. The Morgan fingerprint density at radius 2 is 1.94 bits per heavy atom. The molecule has 35 heavy (non-hydrogen) atoms. The number of ether oxygens (including phenoxy) is 1. The molecule has 0 saturated heterocycles. The van der Waals surface area contributed by atoms with Gasteiger partial charge in [-0.15, -0.1) is 0 Å². The van der Waals surface area contributed by atoms with Crippen LogP contribution in [0.25, 0.3) is 17.0 Å². The number of nitrogens with one attached hydrogen (secondary N) is 1. The number of fused-ring (bicyclic) bond motifs is 1. The highest BCUT2D eigenvalue weighted by atomic mass is 19.1. The zero-order valence-electron chi connectivity index (χ0n) is 19.1. The molecule has 0 fully saturated rings. The first kappa shape index (κ1) is 22.3. The molecule has 3 heterocycles. The van der Waals surface area contributed by atoms with Crippen molar-refractivity contribution in [2.75, 3.05) is 0 Å². The van der Waals surface area contributed by atoms with Crippen molar-refractivity contribution in [3.63, 3.8) is 0 Å². The Balaban J connectivity index is 1.22. The molecule has 0 aliphatic rings. The number of carbonyl (C=O) groups excluding carboxylic acids is 1. The summed E-state index contributed by atoms with van der Waals surface area (Å²) >= 11 is 0. The molecule has 1 atom stereocenters. The molecule has 176 valence electrons. The summed E-state index contributed by atoms with van der Waals surface area (Å²) in [6.45, 7) is 4.04. The summed E-state index contributed by atoms with van der Waals surface area (Å²) < 4.78 is 26.3. The fourth-order valence-electron chi connectivity index (χ4n) is 3.58. The van der Waals surface area contributed by atoms with Gasteiger partial charge in [-0.05, 0) is 67.9 Å². The van der Waals surface area contributed by atoms with Gasteiger partial charge in [0.05, 0.1) is 5.69 Å². The number of hydrogen-bond acceptors (Lipinski definition) is 6. The Morgan fingerprint density at radius 1 is 1.11 bits per heavy atom. The smallest absolute Gasteiger partial charge is 0.252 e. The molecule has 0 radical (unpaired) electrons. The fraction of sp³-hybridized carbons (Fsp3) is 0.154. The summed E-state index contributed by atoms with van der Waals surface area (Å²) in [5.41, 5.74) is 3.82. The van der Waals surface area contributed by atoms with Crippen molar-refractivity contribution in [2.45, 2.75) is 26.5 Å². The van der Waals surface area contributed by atoms with Crippen LogP contribution >= 0.6 is 0 Å². The SMILES string of the molecule is Cc1ccc2nc(COc3cccc(C(=O)NC(C)c4nc(-c5ccc(F)cc5)no4)c3)cn2c1. The Labute approximate surface area is 200 Å². The van der Waals surface area contributed by atoms with Crippen molar-refractivity contribution >= 4 is 11.6 Å². The summed E-state index contributed by atoms with van der Waals surface area (Å²) in [5, 5.41) is 6.76. The van der Waals surface area contributed by atoms with Gasteiger partial charge >= 0.3 is 0 Å². The average Bonchev–Trinajstić information content (AvgIpc) is 3.50.